The molecule has 0 bridgehead atoms. The topological polar surface area (TPSA) is 69.6 Å². The van der Waals surface area contributed by atoms with Gasteiger partial charge in [0.15, 0.2) is 0 Å². The van der Waals surface area contributed by atoms with Gasteiger partial charge in [0.25, 0.3) is 0 Å². The van der Waals surface area contributed by atoms with Crippen LogP contribution in [0.3, 0.4) is 0 Å². The highest BCUT2D eigenvalue weighted by Gasteiger charge is 2.33. The Hall–Kier alpha value is -1.11. The Morgan fingerprint density at radius 1 is 1.25 bits per heavy atom. The number of aliphatic hydroxyl groups excluding tert-OH is 1. The highest BCUT2D eigenvalue weighted by atomic mass is 32.2. The zero-order valence-corrected chi connectivity index (χ0v) is 13.4. The maximum Gasteiger partial charge on any atom is 0.243 e. The second-order valence-corrected chi connectivity index (χ2v) is 7.36. The Kier molecular flexibility index (Phi) is 5.56. The highest BCUT2D eigenvalue weighted by molar-refractivity contribution is 7.89. The zero-order valence-electron chi connectivity index (χ0n) is 12.5. The molecule has 0 saturated carbocycles. The Balaban J connectivity index is 2.99. The lowest BCUT2D eigenvalue weighted by atomic mass is 10.1. The molecule has 0 saturated heterocycles. The third kappa shape index (κ3) is 3.71. The fourth-order valence-electron chi connectivity index (χ4n) is 1.60. The first-order valence-electron chi connectivity index (χ1n) is 6.69. The molecule has 0 aromatic heterocycles. The number of hydrogen-bond donors (Lipinski definition) is 2. The van der Waals surface area contributed by atoms with E-state index in [1.807, 2.05) is 0 Å². The number of benzene rings is 1. The Labute approximate surface area is 121 Å². The van der Waals surface area contributed by atoms with Crippen molar-refractivity contribution in [3.63, 3.8) is 0 Å². The van der Waals surface area contributed by atoms with Gasteiger partial charge >= 0.3 is 0 Å². The number of rotatable bonds is 7. The van der Waals surface area contributed by atoms with Crippen LogP contribution in [-0.4, -0.2) is 43.6 Å². The van der Waals surface area contributed by atoms with Crippen molar-refractivity contribution in [2.24, 2.45) is 0 Å². The van der Waals surface area contributed by atoms with Crippen LogP contribution in [0, 0.1) is 0 Å². The number of anilines is 1. The van der Waals surface area contributed by atoms with E-state index in [9.17, 15) is 13.5 Å². The lowest BCUT2D eigenvalue weighted by Crippen LogP contribution is -2.47. The van der Waals surface area contributed by atoms with Crippen molar-refractivity contribution in [3.05, 3.63) is 24.3 Å². The maximum absolute atomic E-state index is 12.5. The molecule has 0 amide bonds. The van der Waals surface area contributed by atoms with E-state index in [0.29, 0.717) is 0 Å². The van der Waals surface area contributed by atoms with Crippen LogP contribution in [0.2, 0.25) is 0 Å². The molecule has 1 rings (SSSR count). The molecule has 5 nitrogen and oxygen atoms in total. The lowest BCUT2D eigenvalue weighted by molar-refractivity contribution is 0.138. The van der Waals surface area contributed by atoms with E-state index >= 15 is 0 Å². The average Bonchev–Trinajstić information content (AvgIpc) is 2.44. The summed E-state index contributed by atoms with van der Waals surface area (Å²) in [6.45, 7) is 6.05. The minimum atomic E-state index is -3.60. The fourth-order valence-corrected chi connectivity index (χ4v) is 3.10. The molecule has 1 aromatic carbocycles. The average molecular weight is 300 g/mol. The van der Waals surface area contributed by atoms with Gasteiger partial charge in [0, 0.05) is 19.3 Å². The molecular weight excluding hydrogens is 276 g/mol. The summed E-state index contributed by atoms with van der Waals surface area (Å²) in [6.07, 6.45) is 1.01. The minimum absolute atomic E-state index is 0.226. The summed E-state index contributed by atoms with van der Waals surface area (Å²) in [5.74, 6) is 0. The van der Waals surface area contributed by atoms with Crippen LogP contribution < -0.4 is 5.32 Å². The molecule has 0 fully saturated rings. The Bertz CT molecular complexity index is 524. The van der Waals surface area contributed by atoms with Crippen LogP contribution in [0.5, 0.6) is 0 Å². The molecule has 20 heavy (non-hydrogen) atoms. The predicted octanol–water partition coefficient (Wildman–Crippen LogP) is 1.90. The van der Waals surface area contributed by atoms with Gasteiger partial charge in [-0.05, 0) is 44.5 Å². The normalized spacial score (nSPS) is 12.7. The van der Waals surface area contributed by atoms with Gasteiger partial charge in [-0.25, -0.2) is 8.42 Å². The monoisotopic (exact) mass is 300 g/mol. The molecule has 0 atom stereocenters. The van der Waals surface area contributed by atoms with Gasteiger partial charge in [-0.1, -0.05) is 6.92 Å². The number of nitrogens with one attached hydrogen (secondary N) is 1. The Morgan fingerprint density at radius 3 is 2.25 bits per heavy atom. The van der Waals surface area contributed by atoms with E-state index in [2.05, 4.69) is 12.2 Å². The summed E-state index contributed by atoms with van der Waals surface area (Å²) in [7, 11) is -2.12. The molecule has 0 heterocycles. The van der Waals surface area contributed by atoms with Crippen LogP contribution in [0.4, 0.5) is 5.69 Å². The molecule has 0 aliphatic heterocycles. The minimum Gasteiger partial charge on any atom is -0.394 e. The van der Waals surface area contributed by atoms with Crippen molar-refractivity contribution in [3.8, 4) is 0 Å². The summed E-state index contributed by atoms with van der Waals surface area (Å²) in [5.41, 5.74) is 0.0627. The molecule has 0 unspecified atom stereocenters. The number of hydrogen-bond acceptors (Lipinski definition) is 4. The maximum atomic E-state index is 12.5. The molecular formula is C14H24N2O3S. The van der Waals surface area contributed by atoms with E-state index in [-0.39, 0.29) is 11.5 Å². The van der Waals surface area contributed by atoms with Gasteiger partial charge in [-0.2, -0.15) is 4.31 Å². The van der Waals surface area contributed by atoms with Gasteiger partial charge in [-0.15, -0.1) is 0 Å². The molecule has 1 aromatic rings. The predicted molar refractivity (Wildman–Crippen MR) is 81.3 cm³/mol. The number of aliphatic hydroxyl groups is 1. The fraction of sp³-hybridized carbons (Fsp3) is 0.571. The molecule has 6 heteroatoms. The third-order valence-electron chi connectivity index (χ3n) is 3.33. The molecule has 2 N–H and O–H groups in total. The SMILES string of the molecule is CCCNc1ccc(S(=O)(=O)N(C)C(C)(C)CO)cc1. The number of nitrogens with zero attached hydrogens (tertiary/aromatic N) is 1. The summed E-state index contributed by atoms with van der Waals surface area (Å²) < 4.78 is 26.1. The molecule has 0 aliphatic rings. The summed E-state index contributed by atoms with van der Waals surface area (Å²) in [4.78, 5) is 0.226. The molecule has 0 aliphatic carbocycles. The van der Waals surface area contributed by atoms with Crippen molar-refractivity contribution in [2.75, 3.05) is 25.5 Å². The van der Waals surface area contributed by atoms with Crippen LogP contribution in [0.1, 0.15) is 27.2 Å². The quantitative estimate of drug-likeness (QED) is 0.807. The van der Waals surface area contributed by atoms with Gasteiger partial charge in [0.2, 0.25) is 10.0 Å². The molecule has 0 spiro atoms. The van der Waals surface area contributed by atoms with Gasteiger partial charge in [-0.3, -0.25) is 0 Å². The van der Waals surface area contributed by atoms with Crippen LogP contribution in [0.15, 0.2) is 29.2 Å². The first-order valence-corrected chi connectivity index (χ1v) is 8.13. The van der Waals surface area contributed by atoms with Crippen molar-refractivity contribution in [1.29, 1.82) is 0 Å². The standard InChI is InChI=1S/C14H24N2O3S/c1-5-10-15-12-6-8-13(9-7-12)20(18,19)16(4)14(2,3)11-17/h6-9,15,17H,5,10-11H2,1-4H3. The van der Waals surface area contributed by atoms with Crippen molar-refractivity contribution in [1.82, 2.24) is 4.31 Å². The van der Waals surface area contributed by atoms with Crippen molar-refractivity contribution >= 4 is 15.7 Å². The Morgan fingerprint density at radius 2 is 1.80 bits per heavy atom. The van der Waals surface area contributed by atoms with Gasteiger partial charge in [0.05, 0.1) is 17.0 Å². The summed E-state index contributed by atoms with van der Waals surface area (Å²) >= 11 is 0. The van der Waals surface area contributed by atoms with Gasteiger partial charge in [0.1, 0.15) is 0 Å². The highest BCUT2D eigenvalue weighted by Crippen LogP contribution is 2.23. The molecule has 114 valence electrons. The first kappa shape index (κ1) is 16.9. The second kappa shape index (κ2) is 6.56. The van der Waals surface area contributed by atoms with Crippen molar-refractivity contribution < 1.29 is 13.5 Å². The smallest absolute Gasteiger partial charge is 0.243 e. The van der Waals surface area contributed by atoms with Crippen LogP contribution in [0.25, 0.3) is 0 Å². The van der Waals surface area contributed by atoms with E-state index in [1.165, 1.54) is 11.4 Å². The van der Waals surface area contributed by atoms with E-state index in [0.717, 1.165) is 18.7 Å². The van der Waals surface area contributed by atoms with Crippen LogP contribution in [-0.2, 0) is 10.0 Å². The van der Waals surface area contributed by atoms with Crippen molar-refractivity contribution in [2.45, 2.75) is 37.6 Å². The summed E-state index contributed by atoms with van der Waals surface area (Å²) in [5, 5.41) is 12.5. The summed E-state index contributed by atoms with van der Waals surface area (Å²) in [6, 6.07) is 6.67. The van der Waals surface area contributed by atoms with Gasteiger partial charge < -0.3 is 10.4 Å². The number of sulfonamides is 1. The second-order valence-electron chi connectivity index (χ2n) is 5.39. The lowest BCUT2D eigenvalue weighted by Gasteiger charge is -2.32. The van der Waals surface area contributed by atoms with E-state index in [4.69, 9.17) is 0 Å². The molecule has 0 radical (unpaired) electrons. The van der Waals surface area contributed by atoms with E-state index in [1.54, 1.807) is 38.1 Å². The third-order valence-corrected chi connectivity index (χ3v) is 5.41. The van der Waals surface area contributed by atoms with Crippen LogP contribution >= 0.6 is 0 Å². The van der Waals surface area contributed by atoms with E-state index < -0.39 is 15.6 Å². The first-order chi connectivity index (χ1) is 9.25. The zero-order chi connectivity index (χ0) is 15.4. The largest absolute Gasteiger partial charge is 0.394 e. The number of likely N-dealkylation sites (N-methyl/N-ethyl adjacent to an activating group) is 1.